The van der Waals surface area contributed by atoms with Gasteiger partial charge in [-0.15, -0.1) is 0 Å². The summed E-state index contributed by atoms with van der Waals surface area (Å²) < 4.78 is 18.6. The van der Waals surface area contributed by atoms with E-state index in [4.69, 9.17) is 16.3 Å². The van der Waals surface area contributed by atoms with Crippen LogP contribution in [-0.2, 0) is 0 Å². The van der Waals surface area contributed by atoms with Crippen LogP contribution in [-0.4, -0.2) is 19.2 Å². The lowest BCUT2D eigenvalue weighted by Crippen LogP contribution is -2.30. The molecule has 0 saturated carbocycles. The molecule has 0 amide bonds. The van der Waals surface area contributed by atoms with Crippen LogP contribution in [0.25, 0.3) is 0 Å². The lowest BCUT2D eigenvalue weighted by atomic mass is 10.2. The zero-order valence-electron chi connectivity index (χ0n) is 9.59. The number of nitrogens with one attached hydrogen (secondary N) is 1. The van der Waals surface area contributed by atoms with Crippen LogP contribution >= 0.6 is 11.6 Å². The summed E-state index contributed by atoms with van der Waals surface area (Å²) in [6, 6.07) is 4.42. The van der Waals surface area contributed by atoms with Crippen molar-refractivity contribution in [2.75, 3.05) is 13.1 Å². The van der Waals surface area contributed by atoms with E-state index in [9.17, 15) is 4.39 Å². The molecule has 1 atom stereocenters. The minimum atomic E-state index is -0.422. The third-order valence-electron chi connectivity index (χ3n) is 2.27. The quantitative estimate of drug-likeness (QED) is 0.831. The fourth-order valence-electron chi connectivity index (χ4n) is 1.32. The maximum Gasteiger partial charge on any atom is 0.142 e. The minimum Gasteiger partial charge on any atom is -0.489 e. The highest BCUT2D eigenvalue weighted by molar-refractivity contribution is 6.30. The van der Waals surface area contributed by atoms with Crippen molar-refractivity contribution >= 4 is 11.6 Å². The van der Waals surface area contributed by atoms with Gasteiger partial charge in [0.1, 0.15) is 17.7 Å². The van der Waals surface area contributed by atoms with Gasteiger partial charge in [0.05, 0.1) is 5.02 Å². The summed E-state index contributed by atoms with van der Waals surface area (Å²) in [6.07, 6.45) is 0.976. The first-order valence-corrected chi connectivity index (χ1v) is 5.87. The Morgan fingerprint density at radius 3 is 2.75 bits per heavy atom. The number of hydrogen-bond acceptors (Lipinski definition) is 2. The highest BCUT2D eigenvalue weighted by Gasteiger charge is 2.08. The van der Waals surface area contributed by atoms with Crippen molar-refractivity contribution in [1.29, 1.82) is 0 Å². The Kier molecular flexibility index (Phi) is 5.56. The maximum atomic E-state index is 12.9. The molecule has 0 fully saturated rings. The fourth-order valence-corrected chi connectivity index (χ4v) is 1.49. The van der Waals surface area contributed by atoms with Gasteiger partial charge in [-0.1, -0.05) is 25.4 Å². The number of likely N-dealkylation sites (N-methyl/N-ethyl adjacent to an activating group) is 1. The minimum absolute atomic E-state index is 0.0847. The summed E-state index contributed by atoms with van der Waals surface area (Å²) in [5.41, 5.74) is 0. The van der Waals surface area contributed by atoms with Crippen molar-refractivity contribution in [1.82, 2.24) is 5.32 Å². The van der Waals surface area contributed by atoms with E-state index in [2.05, 4.69) is 5.32 Å². The Morgan fingerprint density at radius 2 is 2.19 bits per heavy atom. The molecule has 1 aromatic carbocycles. The Bertz CT molecular complexity index is 333. The molecule has 0 aliphatic carbocycles. The van der Waals surface area contributed by atoms with Crippen LogP contribution in [0.3, 0.4) is 0 Å². The number of benzene rings is 1. The maximum absolute atomic E-state index is 12.9. The number of hydrogen-bond donors (Lipinski definition) is 1. The largest absolute Gasteiger partial charge is 0.489 e. The Labute approximate surface area is 101 Å². The van der Waals surface area contributed by atoms with E-state index in [1.807, 2.05) is 13.8 Å². The van der Waals surface area contributed by atoms with E-state index < -0.39 is 5.82 Å². The summed E-state index contributed by atoms with van der Waals surface area (Å²) in [7, 11) is 0. The first-order chi connectivity index (χ1) is 7.67. The van der Waals surface area contributed by atoms with Gasteiger partial charge < -0.3 is 10.1 Å². The van der Waals surface area contributed by atoms with Crippen LogP contribution in [0.2, 0.25) is 5.02 Å². The number of halogens is 2. The van der Waals surface area contributed by atoms with Gasteiger partial charge in [0.25, 0.3) is 0 Å². The first kappa shape index (κ1) is 13.3. The molecule has 1 aromatic rings. The summed E-state index contributed by atoms with van der Waals surface area (Å²) in [4.78, 5) is 0. The molecular weight excluding hydrogens is 229 g/mol. The Morgan fingerprint density at radius 1 is 1.44 bits per heavy atom. The molecule has 90 valence electrons. The van der Waals surface area contributed by atoms with Crippen molar-refractivity contribution < 1.29 is 9.13 Å². The molecule has 0 heterocycles. The third kappa shape index (κ3) is 3.99. The van der Waals surface area contributed by atoms with Crippen molar-refractivity contribution in [2.45, 2.75) is 26.4 Å². The van der Waals surface area contributed by atoms with Crippen molar-refractivity contribution in [3.05, 3.63) is 29.0 Å². The molecule has 0 spiro atoms. The van der Waals surface area contributed by atoms with Gasteiger partial charge in [0, 0.05) is 12.6 Å². The molecule has 1 unspecified atom stereocenters. The van der Waals surface area contributed by atoms with E-state index in [0.29, 0.717) is 5.75 Å². The van der Waals surface area contributed by atoms with Gasteiger partial charge >= 0.3 is 0 Å². The third-order valence-corrected chi connectivity index (χ3v) is 2.56. The molecule has 0 aliphatic rings. The van der Waals surface area contributed by atoms with Gasteiger partial charge in [-0.05, 0) is 25.1 Å². The molecular formula is C12H17ClFNO. The number of ether oxygens (including phenoxy) is 1. The second-order valence-electron chi connectivity index (χ2n) is 3.53. The SMILES string of the molecule is CCNCC(CC)Oc1ccc(F)c(Cl)c1. The summed E-state index contributed by atoms with van der Waals surface area (Å²) in [5, 5.41) is 3.31. The fraction of sp³-hybridized carbons (Fsp3) is 0.500. The molecule has 2 nitrogen and oxygen atoms in total. The zero-order valence-corrected chi connectivity index (χ0v) is 10.4. The van der Waals surface area contributed by atoms with Crippen LogP contribution in [0.4, 0.5) is 4.39 Å². The van der Waals surface area contributed by atoms with E-state index in [-0.39, 0.29) is 11.1 Å². The van der Waals surface area contributed by atoms with Gasteiger partial charge in [-0.25, -0.2) is 4.39 Å². The molecule has 1 N–H and O–H groups in total. The predicted molar refractivity (Wildman–Crippen MR) is 64.7 cm³/mol. The van der Waals surface area contributed by atoms with Crippen LogP contribution in [0.5, 0.6) is 5.75 Å². The standard InChI is InChI=1S/C12H17ClFNO/c1-3-9(8-15-4-2)16-10-5-6-12(14)11(13)7-10/h5-7,9,15H,3-4,8H2,1-2H3. The van der Waals surface area contributed by atoms with E-state index in [1.165, 1.54) is 12.1 Å². The molecule has 0 aromatic heterocycles. The second kappa shape index (κ2) is 6.71. The molecule has 0 saturated heterocycles. The lowest BCUT2D eigenvalue weighted by molar-refractivity contribution is 0.194. The summed E-state index contributed by atoms with van der Waals surface area (Å²) >= 11 is 5.67. The molecule has 16 heavy (non-hydrogen) atoms. The molecule has 4 heteroatoms. The predicted octanol–water partition coefficient (Wildman–Crippen LogP) is 3.25. The van der Waals surface area contributed by atoms with Gasteiger partial charge in [-0.3, -0.25) is 0 Å². The Hall–Kier alpha value is -0.800. The van der Waals surface area contributed by atoms with Crippen LogP contribution in [0.15, 0.2) is 18.2 Å². The van der Waals surface area contributed by atoms with Gasteiger partial charge in [0.15, 0.2) is 0 Å². The molecule has 0 radical (unpaired) electrons. The summed E-state index contributed by atoms with van der Waals surface area (Å²) in [5.74, 6) is 0.185. The Balaban J connectivity index is 2.59. The number of rotatable bonds is 6. The van der Waals surface area contributed by atoms with Crippen LogP contribution < -0.4 is 10.1 Å². The van der Waals surface area contributed by atoms with Gasteiger partial charge in [0.2, 0.25) is 0 Å². The lowest BCUT2D eigenvalue weighted by Gasteiger charge is -2.18. The normalized spacial score (nSPS) is 12.5. The average molecular weight is 246 g/mol. The highest BCUT2D eigenvalue weighted by Crippen LogP contribution is 2.22. The van der Waals surface area contributed by atoms with Crippen molar-refractivity contribution in [2.24, 2.45) is 0 Å². The topological polar surface area (TPSA) is 21.3 Å². The highest BCUT2D eigenvalue weighted by atomic mass is 35.5. The van der Waals surface area contributed by atoms with Gasteiger partial charge in [-0.2, -0.15) is 0 Å². The van der Waals surface area contributed by atoms with E-state index in [0.717, 1.165) is 19.5 Å². The zero-order chi connectivity index (χ0) is 12.0. The monoisotopic (exact) mass is 245 g/mol. The van der Waals surface area contributed by atoms with Crippen molar-refractivity contribution in [3.63, 3.8) is 0 Å². The smallest absolute Gasteiger partial charge is 0.142 e. The van der Waals surface area contributed by atoms with Crippen molar-refractivity contribution in [3.8, 4) is 5.75 Å². The molecule has 1 rings (SSSR count). The van der Waals surface area contributed by atoms with E-state index >= 15 is 0 Å². The van der Waals surface area contributed by atoms with Crippen LogP contribution in [0, 0.1) is 5.82 Å². The average Bonchev–Trinajstić information content (AvgIpc) is 2.29. The summed E-state index contributed by atoms with van der Waals surface area (Å²) in [6.45, 7) is 5.78. The molecule has 0 bridgehead atoms. The molecule has 0 aliphatic heterocycles. The van der Waals surface area contributed by atoms with E-state index in [1.54, 1.807) is 6.07 Å². The first-order valence-electron chi connectivity index (χ1n) is 5.49. The second-order valence-corrected chi connectivity index (χ2v) is 3.94. The van der Waals surface area contributed by atoms with Crippen LogP contribution in [0.1, 0.15) is 20.3 Å².